The van der Waals surface area contributed by atoms with Crippen LogP contribution in [0.5, 0.6) is 5.75 Å². The molecule has 0 spiro atoms. The molecule has 0 saturated heterocycles. The summed E-state index contributed by atoms with van der Waals surface area (Å²) in [7, 11) is 1.74. The minimum absolute atomic E-state index is 0.412. The number of nitrogens with zero attached hydrogens (tertiary/aromatic N) is 1. The van der Waals surface area contributed by atoms with Gasteiger partial charge in [-0.3, -0.25) is 4.90 Å². The molecule has 2 heteroatoms. The molecule has 0 amide bonds. The number of hydrogen-bond donors (Lipinski definition) is 0. The number of fused-ring (bicyclic) bond motifs is 1. The van der Waals surface area contributed by atoms with Crippen LogP contribution in [0.15, 0.2) is 60.2 Å². The molecule has 0 radical (unpaired) electrons. The number of rotatable bonds is 4. The molecule has 0 aromatic heterocycles. The lowest BCUT2D eigenvalue weighted by molar-refractivity contribution is 0.227. The predicted octanol–water partition coefficient (Wildman–Crippen LogP) is 4.80. The van der Waals surface area contributed by atoms with E-state index in [0.29, 0.717) is 6.04 Å². The van der Waals surface area contributed by atoms with Crippen LogP contribution >= 0.6 is 0 Å². The van der Waals surface area contributed by atoms with Crippen LogP contribution in [0.1, 0.15) is 36.6 Å². The fourth-order valence-corrected chi connectivity index (χ4v) is 3.44. The number of hydrogen-bond acceptors (Lipinski definition) is 2. The third kappa shape index (κ3) is 3.88. The molecule has 1 atom stereocenters. The maximum atomic E-state index is 5.44. The van der Waals surface area contributed by atoms with Gasteiger partial charge in [-0.25, -0.2) is 0 Å². The van der Waals surface area contributed by atoms with Gasteiger partial charge < -0.3 is 4.74 Å². The van der Waals surface area contributed by atoms with E-state index in [-0.39, 0.29) is 0 Å². The molecule has 1 aliphatic rings. The molecule has 0 N–H and O–H groups in total. The highest BCUT2D eigenvalue weighted by molar-refractivity contribution is 5.38. The molecule has 24 heavy (non-hydrogen) atoms. The van der Waals surface area contributed by atoms with Crippen molar-refractivity contribution in [3.63, 3.8) is 0 Å². The Bertz CT molecular complexity index is 701. The van der Waals surface area contributed by atoms with E-state index in [1.54, 1.807) is 7.11 Å². The Labute approximate surface area is 145 Å². The van der Waals surface area contributed by atoms with Crippen LogP contribution in [0, 0.1) is 0 Å². The lowest BCUT2D eigenvalue weighted by atomic mass is 9.95. The molecule has 1 aliphatic heterocycles. The summed E-state index contributed by atoms with van der Waals surface area (Å²) in [6.45, 7) is 6.44. The Balaban J connectivity index is 1.95. The SMILES string of the molecule is COc1ccc2c(c1)CC(c1ccccc1)N(CC=C(C)C)CC2. The fourth-order valence-electron chi connectivity index (χ4n) is 3.44. The zero-order valence-electron chi connectivity index (χ0n) is 15.0. The molecular formula is C22H27NO. The van der Waals surface area contributed by atoms with Crippen LogP contribution in [-0.4, -0.2) is 25.1 Å². The van der Waals surface area contributed by atoms with Gasteiger partial charge in [0.15, 0.2) is 0 Å². The van der Waals surface area contributed by atoms with Gasteiger partial charge in [0.1, 0.15) is 5.75 Å². The van der Waals surface area contributed by atoms with E-state index in [1.165, 1.54) is 22.3 Å². The van der Waals surface area contributed by atoms with E-state index < -0.39 is 0 Å². The first-order valence-corrected chi connectivity index (χ1v) is 8.75. The zero-order chi connectivity index (χ0) is 16.9. The lowest BCUT2D eigenvalue weighted by Gasteiger charge is -2.29. The topological polar surface area (TPSA) is 12.5 Å². The molecule has 3 rings (SSSR count). The highest BCUT2D eigenvalue weighted by Gasteiger charge is 2.24. The van der Waals surface area contributed by atoms with Crippen LogP contribution < -0.4 is 4.74 Å². The van der Waals surface area contributed by atoms with Gasteiger partial charge in [-0.2, -0.15) is 0 Å². The summed E-state index contributed by atoms with van der Waals surface area (Å²) in [6, 6.07) is 17.8. The maximum absolute atomic E-state index is 5.44. The van der Waals surface area contributed by atoms with Crippen molar-refractivity contribution in [2.75, 3.05) is 20.2 Å². The Morgan fingerprint density at radius 3 is 2.62 bits per heavy atom. The van der Waals surface area contributed by atoms with Crippen molar-refractivity contribution >= 4 is 0 Å². The van der Waals surface area contributed by atoms with Gasteiger partial charge in [0.05, 0.1) is 7.11 Å². The summed E-state index contributed by atoms with van der Waals surface area (Å²) in [6.07, 6.45) is 4.47. The molecule has 0 aliphatic carbocycles. The highest BCUT2D eigenvalue weighted by Crippen LogP contribution is 2.32. The Kier molecular flexibility index (Phi) is 5.37. The maximum Gasteiger partial charge on any atom is 0.119 e. The van der Waals surface area contributed by atoms with Gasteiger partial charge in [0, 0.05) is 19.1 Å². The van der Waals surface area contributed by atoms with E-state index in [0.717, 1.165) is 31.7 Å². The van der Waals surface area contributed by atoms with Crippen molar-refractivity contribution in [3.8, 4) is 5.75 Å². The molecule has 0 saturated carbocycles. The standard InChI is InChI=1S/C22H27NO/c1-17(2)11-13-23-14-12-18-9-10-21(24-3)15-20(18)16-22(23)19-7-5-4-6-8-19/h4-11,15,22H,12-14,16H2,1-3H3. The third-order valence-electron chi connectivity index (χ3n) is 4.85. The van der Waals surface area contributed by atoms with Crippen molar-refractivity contribution in [1.82, 2.24) is 4.90 Å². The second-order valence-corrected chi connectivity index (χ2v) is 6.79. The van der Waals surface area contributed by atoms with Gasteiger partial charge in [0.2, 0.25) is 0 Å². The fraction of sp³-hybridized carbons (Fsp3) is 0.364. The zero-order valence-corrected chi connectivity index (χ0v) is 15.0. The number of benzene rings is 2. The predicted molar refractivity (Wildman–Crippen MR) is 101 cm³/mol. The Morgan fingerprint density at radius 2 is 1.92 bits per heavy atom. The summed E-state index contributed by atoms with van der Waals surface area (Å²) >= 11 is 0. The largest absolute Gasteiger partial charge is 0.497 e. The lowest BCUT2D eigenvalue weighted by Crippen LogP contribution is -2.30. The Hall–Kier alpha value is -2.06. The molecule has 1 unspecified atom stereocenters. The van der Waals surface area contributed by atoms with E-state index in [2.05, 4.69) is 73.4 Å². The van der Waals surface area contributed by atoms with E-state index in [1.807, 2.05) is 0 Å². The summed E-state index contributed by atoms with van der Waals surface area (Å²) < 4.78 is 5.44. The molecule has 0 bridgehead atoms. The van der Waals surface area contributed by atoms with Crippen molar-refractivity contribution in [2.24, 2.45) is 0 Å². The van der Waals surface area contributed by atoms with Gasteiger partial charge in [-0.15, -0.1) is 0 Å². The molecule has 2 aromatic rings. The van der Waals surface area contributed by atoms with Crippen molar-refractivity contribution in [1.29, 1.82) is 0 Å². The normalized spacial score (nSPS) is 17.7. The van der Waals surface area contributed by atoms with Crippen LogP contribution in [0.3, 0.4) is 0 Å². The molecule has 2 nitrogen and oxygen atoms in total. The van der Waals surface area contributed by atoms with Crippen molar-refractivity contribution in [2.45, 2.75) is 32.7 Å². The summed E-state index contributed by atoms with van der Waals surface area (Å²) in [5, 5.41) is 0. The summed E-state index contributed by atoms with van der Waals surface area (Å²) in [4.78, 5) is 2.61. The van der Waals surface area contributed by atoms with Crippen LogP contribution in [0.4, 0.5) is 0 Å². The van der Waals surface area contributed by atoms with Crippen molar-refractivity contribution < 1.29 is 4.74 Å². The van der Waals surface area contributed by atoms with E-state index in [9.17, 15) is 0 Å². The summed E-state index contributed by atoms with van der Waals surface area (Å²) in [5.41, 5.74) is 5.65. The summed E-state index contributed by atoms with van der Waals surface area (Å²) in [5.74, 6) is 0.957. The third-order valence-corrected chi connectivity index (χ3v) is 4.85. The van der Waals surface area contributed by atoms with Gasteiger partial charge >= 0.3 is 0 Å². The molecule has 126 valence electrons. The first kappa shape index (κ1) is 16.8. The quantitative estimate of drug-likeness (QED) is 0.750. The number of methoxy groups -OCH3 is 1. The second kappa shape index (κ2) is 7.67. The number of allylic oxidation sites excluding steroid dienone is 1. The van der Waals surface area contributed by atoms with Crippen LogP contribution in [-0.2, 0) is 12.8 Å². The van der Waals surface area contributed by atoms with Gasteiger partial charge in [0.25, 0.3) is 0 Å². The van der Waals surface area contributed by atoms with Gasteiger partial charge in [-0.05, 0) is 55.5 Å². The van der Waals surface area contributed by atoms with Gasteiger partial charge in [-0.1, -0.05) is 48.0 Å². The average Bonchev–Trinajstić information content (AvgIpc) is 2.79. The van der Waals surface area contributed by atoms with E-state index in [4.69, 9.17) is 4.74 Å². The minimum Gasteiger partial charge on any atom is -0.497 e. The molecule has 0 fully saturated rings. The molecule has 2 aromatic carbocycles. The number of ether oxygens (including phenoxy) is 1. The first-order valence-electron chi connectivity index (χ1n) is 8.75. The van der Waals surface area contributed by atoms with Crippen molar-refractivity contribution in [3.05, 3.63) is 76.9 Å². The smallest absolute Gasteiger partial charge is 0.119 e. The van der Waals surface area contributed by atoms with Crippen LogP contribution in [0.2, 0.25) is 0 Å². The Morgan fingerprint density at radius 1 is 1.12 bits per heavy atom. The van der Waals surface area contributed by atoms with Crippen LogP contribution in [0.25, 0.3) is 0 Å². The minimum atomic E-state index is 0.412. The highest BCUT2D eigenvalue weighted by atomic mass is 16.5. The monoisotopic (exact) mass is 321 g/mol. The molecular weight excluding hydrogens is 294 g/mol. The first-order chi connectivity index (χ1) is 11.7. The second-order valence-electron chi connectivity index (χ2n) is 6.79. The molecule has 1 heterocycles. The average molecular weight is 321 g/mol. The van der Waals surface area contributed by atoms with E-state index >= 15 is 0 Å².